The highest BCUT2D eigenvalue weighted by molar-refractivity contribution is 7.87. The van der Waals surface area contributed by atoms with E-state index in [1.54, 1.807) is 18.2 Å². The fraction of sp³-hybridized carbons (Fsp3) is 0.125. The van der Waals surface area contributed by atoms with E-state index < -0.39 is 10.3 Å². The lowest BCUT2D eigenvalue weighted by atomic mass is 10.2. The van der Waals surface area contributed by atoms with Crippen molar-refractivity contribution in [3.05, 3.63) is 42.2 Å². The molecule has 0 spiro atoms. The molecule has 0 fully saturated rings. The van der Waals surface area contributed by atoms with Crippen molar-refractivity contribution in [1.29, 1.82) is 0 Å². The van der Waals surface area contributed by atoms with E-state index >= 15 is 0 Å². The van der Waals surface area contributed by atoms with Gasteiger partial charge in [-0.1, -0.05) is 11.3 Å². The van der Waals surface area contributed by atoms with Crippen LogP contribution in [-0.4, -0.2) is 45.0 Å². The number of methoxy groups -OCH3 is 1. The van der Waals surface area contributed by atoms with Crippen LogP contribution in [0, 0.1) is 0 Å². The Labute approximate surface area is 164 Å². The summed E-state index contributed by atoms with van der Waals surface area (Å²) in [6, 6.07) is 7.97. The lowest BCUT2D eigenvalue weighted by Gasteiger charge is -2.11. The summed E-state index contributed by atoms with van der Waals surface area (Å²) in [6.07, 6.45) is 1.51. The summed E-state index contributed by atoms with van der Waals surface area (Å²) in [4.78, 5) is 8.41. The Balaban J connectivity index is 1.73. The van der Waals surface area contributed by atoms with E-state index in [1.165, 1.54) is 30.2 Å². The molecule has 0 aliphatic carbocycles. The van der Waals surface area contributed by atoms with Gasteiger partial charge in [-0.05, 0) is 18.2 Å². The minimum absolute atomic E-state index is 0.0344. The van der Waals surface area contributed by atoms with Crippen molar-refractivity contribution in [3.8, 4) is 17.2 Å². The van der Waals surface area contributed by atoms with Crippen molar-refractivity contribution in [2.45, 2.75) is 6.54 Å². The molecule has 0 amide bonds. The largest absolute Gasteiger partial charge is 0.496 e. The first kappa shape index (κ1) is 18.6. The second-order valence-electron chi connectivity index (χ2n) is 5.93. The molecule has 29 heavy (non-hydrogen) atoms. The number of nitrogens with zero attached hydrogens (tertiary/aromatic N) is 5. The maximum atomic E-state index is 11.0. The minimum atomic E-state index is -4.40. The number of hydrogen-bond acceptors (Lipinski definition) is 9. The van der Waals surface area contributed by atoms with Crippen LogP contribution >= 0.6 is 0 Å². The molecule has 0 atom stereocenters. The number of anilines is 2. The van der Waals surface area contributed by atoms with Gasteiger partial charge in [-0.3, -0.25) is 9.27 Å². The summed E-state index contributed by atoms with van der Waals surface area (Å²) >= 11 is 0. The second-order valence-corrected chi connectivity index (χ2v) is 7.09. The number of fused-ring (bicyclic) bond motifs is 1. The lowest BCUT2D eigenvalue weighted by molar-refractivity contribution is 0.407. The Bertz CT molecular complexity index is 1280. The molecule has 0 aliphatic rings. The molecule has 0 saturated carbocycles. The van der Waals surface area contributed by atoms with Gasteiger partial charge in [-0.15, -0.1) is 5.10 Å². The van der Waals surface area contributed by atoms with Crippen LogP contribution in [0.25, 0.3) is 22.6 Å². The second kappa shape index (κ2) is 7.03. The quantitative estimate of drug-likeness (QED) is 0.389. The fourth-order valence-corrected chi connectivity index (χ4v) is 3.24. The van der Waals surface area contributed by atoms with Crippen molar-refractivity contribution in [2.24, 2.45) is 0 Å². The highest BCUT2D eigenvalue weighted by atomic mass is 32.2. The van der Waals surface area contributed by atoms with Crippen LogP contribution in [0.4, 0.5) is 11.6 Å². The zero-order chi connectivity index (χ0) is 20.6. The van der Waals surface area contributed by atoms with Crippen LogP contribution in [0.5, 0.6) is 5.75 Å². The van der Waals surface area contributed by atoms with Crippen LogP contribution in [0.2, 0.25) is 0 Å². The first-order valence-electron chi connectivity index (χ1n) is 8.17. The van der Waals surface area contributed by atoms with Crippen molar-refractivity contribution < 1.29 is 22.1 Å². The number of aromatic nitrogens is 5. The van der Waals surface area contributed by atoms with Crippen LogP contribution in [-0.2, 0) is 16.8 Å². The number of rotatable bonds is 6. The molecule has 0 aliphatic heterocycles. The third-order valence-electron chi connectivity index (χ3n) is 3.99. The van der Waals surface area contributed by atoms with Gasteiger partial charge >= 0.3 is 10.3 Å². The molecule has 0 unspecified atom stereocenters. The summed E-state index contributed by atoms with van der Waals surface area (Å²) in [6.45, 7) is 0.208. The normalized spacial score (nSPS) is 11.7. The molecule has 1 aromatic carbocycles. The Morgan fingerprint density at radius 2 is 2.14 bits per heavy atom. The van der Waals surface area contributed by atoms with Crippen LogP contribution < -0.4 is 15.2 Å². The Kier molecular flexibility index (Phi) is 4.52. The average molecular weight is 417 g/mol. The molecular weight excluding hydrogens is 402 g/mol. The number of hydrogen-bond donors (Lipinski definition) is 3. The maximum absolute atomic E-state index is 11.0. The van der Waals surface area contributed by atoms with E-state index in [9.17, 15) is 8.42 Å². The maximum Gasteiger partial charge on any atom is 0.357 e. The first-order chi connectivity index (χ1) is 13.8. The Morgan fingerprint density at radius 1 is 1.31 bits per heavy atom. The van der Waals surface area contributed by atoms with Crippen LogP contribution in [0.1, 0.15) is 5.56 Å². The number of benzene rings is 1. The molecular formula is C16H15N7O5S. The zero-order valence-electron chi connectivity index (χ0n) is 15.0. The fourth-order valence-electron chi connectivity index (χ4n) is 2.81. The van der Waals surface area contributed by atoms with Crippen molar-refractivity contribution in [3.63, 3.8) is 0 Å². The molecule has 3 aromatic heterocycles. The molecule has 4 aromatic rings. The van der Waals surface area contributed by atoms with Gasteiger partial charge in [0.2, 0.25) is 5.95 Å². The molecule has 0 bridgehead atoms. The number of nitrogens with two attached hydrogens (primary N) is 1. The van der Waals surface area contributed by atoms with Gasteiger partial charge < -0.3 is 14.9 Å². The van der Waals surface area contributed by atoms with E-state index in [0.717, 1.165) is 0 Å². The van der Waals surface area contributed by atoms with Crippen molar-refractivity contribution >= 4 is 33.1 Å². The van der Waals surface area contributed by atoms with Gasteiger partial charge in [0, 0.05) is 11.6 Å². The predicted molar refractivity (Wildman–Crippen MR) is 102 cm³/mol. The van der Waals surface area contributed by atoms with Crippen LogP contribution in [0.15, 0.2) is 41.0 Å². The number of nitrogens with one attached hydrogen (secondary N) is 1. The molecule has 0 radical (unpaired) electrons. The monoisotopic (exact) mass is 417 g/mol. The smallest absolute Gasteiger partial charge is 0.357 e. The van der Waals surface area contributed by atoms with Gasteiger partial charge in [0.25, 0.3) is 0 Å². The molecule has 3 heterocycles. The Morgan fingerprint density at radius 3 is 2.83 bits per heavy atom. The first-order valence-corrected chi connectivity index (χ1v) is 9.61. The number of nitrogen functional groups attached to an aromatic ring is 1. The van der Waals surface area contributed by atoms with Gasteiger partial charge in [0.1, 0.15) is 11.4 Å². The highest BCUT2D eigenvalue weighted by Gasteiger charge is 2.18. The van der Waals surface area contributed by atoms with Crippen LogP contribution in [0.3, 0.4) is 0 Å². The SMILES string of the molecule is COc1cc(NS(=O)(=O)O)ccc1Cn1nnc2c(-c3ccco3)nc(N)nc21. The molecule has 4 N–H and O–H groups in total. The molecule has 4 rings (SSSR count). The molecule has 0 saturated heterocycles. The van der Waals surface area contributed by atoms with Crippen molar-refractivity contribution in [1.82, 2.24) is 25.0 Å². The summed E-state index contributed by atoms with van der Waals surface area (Å²) < 4.78 is 45.1. The summed E-state index contributed by atoms with van der Waals surface area (Å²) in [7, 11) is -2.96. The average Bonchev–Trinajstić information content (AvgIpc) is 3.31. The summed E-state index contributed by atoms with van der Waals surface area (Å²) in [5.74, 6) is 0.886. The molecule has 150 valence electrons. The number of ether oxygens (including phenoxy) is 1. The lowest BCUT2D eigenvalue weighted by Crippen LogP contribution is -2.11. The third kappa shape index (κ3) is 3.81. The Hall–Kier alpha value is -3.71. The van der Waals surface area contributed by atoms with E-state index in [0.29, 0.717) is 33.9 Å². The summed E-state index contributed by atoms with van der Waals surface area (Å²) in [5.41, 5.74) is 7.88. The predicted octanol–water partition coefficient (Wildman–Crippen LogP) is 1.34. The third-order valence-corrected chi connectivity index (χ3v) is 4.48. The molecule has 13 heteroatoms. The van der Waals surface area contributed by atoms with E-state index in [-0.39, 0.29) is 18.2 Å². The zero-order valence-corrected chi connectivity index (χ0v) is 15.8. The topological polar surface area (TPSA) is 171 Å². The number of furan rings is 1. The van der Waals surface area contributed by atoms with Crippen molar-refractivity contribution in [2.75, 3.05) is 17.6 Å². The van der Waals surface area contributed by atoms with Gasteiger partial charge in [-0.2, -0.15) is 13.4 Å². The van der Waals surface area contributed by atoms with E-state index in [2.05, 4.69) is 20.3 Å². The standard InChI is InChI=1S/C16H15N7O5S/c1-27-12-7-10(21-29(24,25)26)5-4-9(12)8-23-15-14(20-22-23)13(18-16(17)19-15)11-3-2-6-28-11/h2-7,21H,8H2,1H3,(H2,17,18,19)(H,24,25,26). The van der Waals surface area contributed by atoms with E-state index in [1.807, 2.05) is 4.72 Å². The van der Waals surface area contributed by atoms with Gasteiger partial charge in [-0.25, -0.2) is 9.67 Å². The van der Waals surface area contributed by atoms with Gasteiger partial charge in [0.15, 0.2) is 16.9 Å². The van der Waals surface area contributed by atoms with Gasteiger partial charge in [0.05, 0.1) is 25.6 Å². The summed E-state index contributed by atoms with van der Waals surface area (Å²) in [5, 5.41) is 8.26. The highest BCUT2D eigenvalue weighted by Crippen LogP contribution is 2.28. The van der Waals surface area contributed by atoms with E-state index in [4.69, 9.17) is 19.4 Å². The molecule has 12 nitrogen and oxygen atoms in total. The minimum Gasteiger partial charge on any atom is -0.496 e.